The third-order valence-corrected chi connectivity index (χ3v) is 5.66. The van der Waals surface area contributed by atoms with Gasteiger partial charge in [0, 0.05) is 42.8 Å². The van der Waals surface area contributed by atoms with Crippen LogP contribution in [0.15, 0.2) is 12.1 Å². The Morgan fingerprint density at radius 2 is 1.58 bits per heavy atom. The SMILES string of the molecule is CN1CCN(C(=O)Cc2c(Cl)cc(CN3CCCC3)cc2Cl)CC1. The van der Waals surface area contributed by atoms with Crippen molar-refractivity contribution in [2.45, 2.75) is 25.8 Å². The van der Waals surface area contributed by atoms with Gasteiger partial charge < -0.3 is 9.80 Å². The van der Waals surface area contributed by atoms with Gasteiger partial charge in [0.2, 0.25) is 5.91 Å². The summed E-state index contributed by atoms with van der Waals surface area (Å²) in [6.07, 6.45) is 2.81. The summed E-state index contributed by atoms with van der Waals surface area (Å²) in [4.78, 5) is 19.1. The summed E-state index contributed by atoms with van der Waals surface area (Å²) >= 11 is 12.9. The summed E-state index contributed by atoms with van der Waals surface area (Å²) in [5, 5.41) is 1.22. The molecule has 0 N–H and O–H groups in total. The highest BCUT2D eigenvalue weighted by Crippen LogP contribution is 2.29. The van der Waals surface area contributed by atoms with E-state index in [9.17, 15) is 4.79 Å². The molecule has 0 atom stereocenters. The lowest BCUT2D eigenvalue weighted by molar-refractivity contribution is -0.132. The van der Waals surface area contributed by atoms with E-state index in [0.717, 1.165) is 56.9 Å². The monoisotopic (exact) mass is 369 g/mol. The van der Waals surface area contributed by atoms with Gasteiger partial charge in [0.05, 0.1) is 6.42 Å². The van der Waals surface area contributed by atoms with E-state index in [-0.39, 0.29) is 12.3 Å². The van der Waals surface area contributed by atoms with Crippen LogP contribution in [-0.2, 0) is 17.8 Å². The molecule has 2 aliphatic rings. The van der Waals surface area contributed by atoms with E-state index < -0.39 is 0 Å². The van der Waals surface area contributed by atoms with Crippen LogP contribution in [0.5, 0.6) is 0 Å². The van der Waals surface area contributed by atoms with Crippen molar-refractivity contribution in [2.24, 2.45) is 0 Å². The lowest BCUT2D eigenvalue weighted by atomic mass is 10.1. The average Bonchev–Trinajstić information content (AvgIpc) is 3.04. The van der Waals surface area contributed by atoms with Crippen LogP contribution in [0, 0.1) is 0 Å². The second kappa shape index (κ2) is 8.05. The zero-order valence-electron chi connectivity index (χ0n) is 14.2. The molecule has 1 aromatic carbocycles. The molecule has 6 heteroatoms. The Hall–Kier alpha value is -0.810. The fraction of sp³-hybridized carbons (Fsp3) is 0.611. The molecule has 1 amide bonds. The second-order valence-electron chi connectivity index (χ2n) is 6.88. The van der Waals surface area contributed by atoms with E-state index in [1.807, 2.05) is 17.0 Å². The summed E-state index contributed by atoms with van der Waals surface area (Å²) in [5.74, 6) is 0.110. The second-order valence-corrected chi connectivity index (χ2v) is 7.70. The van der Waals surface area contributed by atoms with Crippen LogP contribution in [-0.4, -0.2) is 66.9 Å². The van der Waals surface area contributed by atoms with Gasteiger partial charge in [0.25, 0.3) is 0 Å². The Balaban J connectivity index is 1.65. The first-order chi connectivity index (χ1) is 11.5. The molecule has 0 saturated carbocycles. The van der Waals surface area contributed by atoms with Gasteiger partial charge in [-0.15, -0.1) is 0 Å². The van der Waals surface area contributed by atoms with E-state index in [4.69, 9.17) is 23.2 Å². The Kier molecular flexibility index (Phi) is 6.03. The van der Waals surface area contributed by atoms with Crippen molar-refractivity contribution in [1.29, 1.82) is 0 Å². The third-order valence-electron chi connectivity index (χ3n) is 4.99. The van der Waals surface area contributed by atoms with Gasteiger partial charge in [-0.05, 0) is 56.2 Å². The number of hydrogen-bond acceptors (Lipinski definition) is 3. The van der Waals surface area contributed by atoms with E-state index in [1.54, 1.807) is 0 Å². The number of carbonyl (C=O) groups is 1. The number of hydrogen-bond donors (Lipinski definition) is 0. The Morgan fingerprint density at radius 1 is 1.00 bits per heavy atom. The number of halogens is 2. The van der Waals surface area contributed by atoms with E-state index in [2.05, 4.69) is 16.8 Å². The van der Waals surface area contributed by atoms with Gasteiger partial charge in [-0.2, -0.15) is 0 Å². The standard InChI is InChI=1S/C18H25Cl2N3O/c1-21-6-8-23(9-7-21)18(24)12-15-16(19)10-14(11-17(15)20)13-22-4-2-3-5-22/h10-11H,2-9,12-13H2,1H3. The van der Waals surface area contributed by atoms with Crippen molar-refractivity contribution in [3.05, 3.63) is 33.3 Å². The van der Waals surface area contributed by atoms with Crippen molar-refractivity contribution in [1.82, 2.24) is 14.7 Å². The number of amides is 1. The van der Waals surface area contributed by atoms with Crippen molar-refractivity contribution in [3.63, 3.8) is 0 Å². The van der Waals surface area contributed by atoms with Crippen LogP contribution in [0.3, 0.4) is 0 Å². The predicted octanol–water partition coefficient (Wildman–Crippen LogP) is 2.91. The Labute approximate surface area is 154 Å². The molecule has 132 valence electrons. The van der Waals surface area contributed by atoms with Crippen molar-refractivity contribution >= 4 is 29.1 Å². The lowest BCUT2D eigenvalue weighted by Crippen LogP contribution is -2.47. The molecule has 0 spiro atoms. The van der Waals surface area contributed by atoms with Crippen LogP contribution in [0.1, 0.15) is 24.0 Å². The van der Waals surface area contributed by atoms with Crippen LogP contribution >= 0.6 is 23.2 Å². The van der Waals surface area contributed by atoms with Crippen LogP contribution < -0.4 is 0 Å². The van der Waals surface area contributed by atoms with E-state index >= 15 is 0 Å². The van der Waals surface area contributed by atoms with Crippen LogP contribution in [0.25, 0.3) is 0 Å². The lowest BCUT2D eigenvalue weighted by Gasteiger charge is -2.32. The summed E-state index contributed by atoms with van der Waals surface area (Å²) < 4.78 is 0. The van der Waals surface area contributed by atoms with Crippen molar-refractivity contribution in [2.75, 3.05) is 46.3 Å². The third kappa shape index (κ3) is 4.42. The average molecular weight is 370 g/mol. The summed E-state index contributed by atoms with van der Waals surface area (Å²) in [5.41, 5.74) is 1.88. The fourth-order valence-electron chi connectivity index (χ4n) is 3.43. The number of nitrogens with zero attached hydrogens (tertiary/aromatic N) is 3. The first kappa shape index (κ1) is 18.0. The van der Waals surface area contributed by atoms with Gasteiger partial charge >= 0.3 is 0 Å². The van der Waals surface area contributed by atoms with Gasteiger partial charge in [0.1, 0.15) is 0 Å². The minimum absolute atomic E-state index is 0.110. The van der Waals surface area contributed by atoms with Crippen molar-refractivity contribution < 1.29 is 4.79 Å². The molecule has 24 heavy (non-hydrogen) atoms. The largest absolute Gasteiger partial charge is 0.340 e. The van der Waals surface area contributed by atoms with Crippen molar-refractivity contribution in [3.8, 4) is 0 Å². The van der Waals surface area contributed by atoms with Crippen LogP contribution in [0.4, 0.5) is 0 Å². The number of rotatable bonds is 4. The molecule has 4 nitrogen and oxygen atoms in total. The van der Waals surface area contributed by atoms with E-state index in [1.165, 1.54) is 12.8 Å². The molecule has 0 aromatic heterocycles. The number of piperazine rings is 1. The summed E-state index contributed by atoms with van der Waals surface area (Å²) in [7, 11) is 2.08. The molecule has 0 radical (unpaired) electrons. The molecular weight excluding hydrogens is 345 g/mol. The molecule has 0 aliphatic carbocycles. The zero-order valence-corrected chi connectivity index (χ0v) is 15.7. The molecule has 2 aliphatic heterocycles. The molecular formula is C18H25Cl2N3O. The number of carbonyl (C=O) groups excluding carboxylic acids is 1. The summed E-state index contributed by atoms with van der Waals surface area (Å²) in [6.45, 7) is 6.54. The topological polar surface area (TPSA) is 26.8 Å². The highest BCUT2D eigenvalue weighted by Gasteiger charge is 2.22. The van der Waals surface area contributed by atoms with Gasteiger partial charge in [0.15, 0.2) is 0 Å². The molecule has 2 heterocycles. The molecule has 2 saturated heterocycles. The number of benzene rings is 1. The number of likely N-dealkylation sites (N-methyl/N-ethyl adjacent to an activating group) is 1. The Bertz CT molecular complexity index is 571. The van der Waals surface area contributed by atoms with Gasteiger partial charge in [-0.3, -0.25) is 9.69 Å². The minimum Gasteiger partial charge on any atom is -0.340 e. The summed E-state index contributed by atoms with van der Waals surface area (Å²) in [6, 6.07) is 3.94. The maximum atomic E-state index is 12.5. The molecule has 0 unspecified atom stereocenters. The first-order valence-electron chi connectivity index (χ1n) is 8.68. The van der Waals surface area contributed by atoms with Gasteiger partial charge in [-0.25, -0.2) is 0 Å². The maximum Gasteiger partial charge on any atom is 0.227 e. The minimum atomic E-state index is 0.110. The zero-order chi connectivity index (χ0) is 17.1. The number of likely N-dealkylation sites (tertiary alicyclic amines) is 1. The van der Waals surface area contributed by atoms with Crippen LogP contribution in [0.2, 0.25) is 10.0 Å². The van der Waals surface area contributed by atoms with E-state index in [0.29, 0.717) is 10.0 Å². The molecule has 2 fully saturated rings. The molecule has 1 aromatic rings. The highest BCUT2D eigenvalue weighted by molar-refractivity contribution is 6.36. The molecule has 0 bridgehead atoms. The highest BCUT2D eigenvalue weighted by atomic mass is 35.5. The molecule has 3 rings (SSSR count). The Morgan fingerprint density at radius 3 is 2.17 bits per heavy atom. The normalized spacial score (nSPS) is 19.9. The smallest absolute Gasteiger partial charge is 0.227 e. The fourth-order valence-corrected chi connectivity index (χ4v) is 4.10. The predicted molar refractivity (Wildman–Crippen MR) is 98.8 cm³/mol. The maximum absolute atomic E-state index is 12.5. The quantitative estimate of drug-likeness (QED) is 0.816. The first-order valence-corrected chi connectivity index (χ1v) is 9.44. The van der Waals surface area contributed by atoms with Gasteiger partial charge in [-0.1, -0.05) is 23.2 Å².